The van der Waals surface area contributed by atoms with E-state index in [4.69, 9.17) is 5.26 Å². The Morgan fingerprint density at radius 2 is 2.07 bits per heavy atom. The summed E-state index contributed by atoms with van der Waals surface area (Å²) >= 11 is 1.70. The average Bonchev–Trinajstić information content (AvgIpc) is 2.78. The summed E-state index contributed by atoms with van der Waals surface area (Å²) in [5, 5.41) is 15.3. The molecule has 1 aromatic carbocycles. The van der Waals surface area contributed by atoms with Gasteiger partial charge in [-0.15, -0.1) is 11.8 Å². The second kappa shape index (κ2) is 4.20. The van der Waals surface area contributed by atoms with E-state index in [-0.39, 0.29) is 0 Å². The lowest BCUT2D eigenvalue weighted by Gasteiger charge is -1.98. The molecular formula is C11H9N3S. The van der Waals surface area contributed by atoms with Gasteiger partial charge < -0.3 is 0 Å². The highest BCUT2D eigenvalue weighted by Crippen LogP contribution is 2.21. The van der Waals surface area contributed by atoms with Gasteiger partial charge in [0.15, 0.2) is 5.69 Å². The van der Waals surface area contributed by atoms with Gasteiger partial charge in [0.2, 0.25) is 0 Å². The Morgan fingerprint density at radius 1 is 1.33 bits per heavy atom. The van der Waals surface area contributed by atoms with Crippen LogP contribution in [0.25, 0.3) is 11.3 Å². The largest absolute Gasteiger partial charge is 0.277 e. The van der Waals surface area contributed by atoms with E-state index in [0.717, 1.165) is 11.3 Å². The first-order valence-electron chi connectivity index (χ1n) is 4.43. The van der Waals surface area contributed by atoms with Gasteiger partial charge in [0.05, 0.1) is 5.69 Å². The third-order valence-corrected chi connectivity index (χ3v) is 2.84. The van der Waals surface area contributed by atoms with E-state index in [1.807, 2.05) is 36.6 Å². The number of thioether (sulfide) groups is 1. The Morgan fingerprint density at radius 3 is 2.60 bits per heavy atom. The van der Waals surface area contributed by atoms with Crippen molar-refractivity contribution in [2.24, 2.45) is 0 Å². The van der Waals surface area contributed by atoms with E-state index < -0.39 is 0 Å². The molecule has 0 bridgehead atoms. The lowest BCUT2D eigenvalue weighted by molar-refractivity contribution is 1.08. The molecule has 1 aromatic heterocycles. The van der Waals surface area contributed by atoms with Crippen LogP contribution in [0.2, 0.25) is 0 Å². The maximum atomic E-state index is 8.64. The molecule has 2 aromatic rings. The van der Waals surface area contributed by atoms with Crippen molar-refractivity contribution in [2.75, 3.05) is 6.26 Å². The zero-order chi connectivity index (χ0) is 10.7. The van der Waals surface area contributed by atoms with Crippen LogP contribution >= 0.6 is 11.8 Å². The third kappa shape index (κ3) is 2.03. The molecule has 2 rings (SSSR count). The molecule has 0 aliphatic rings. The van der Waals surface area contributed by atoms with Crippen LogP contribution < -0.4 is 0 Å². The van der Waals surface area contributed by atoms with Crippen LogP contribution in [0.4, 0.5) is 0 Å². The Hall–Kier alpha value is -1.73. The lowest BCUT2D eigenvalue weighted by Crippen LogP contribution is -1.77. The monoisotopic (exact) mass is 215 g/mol. The van der Waals surface area contributed by atoms with Crippen molar-refractivity contribution in [3.05, 3.63) is 36.0 Å². The highest BCUT2D eigenvalue weighted by Gasteiger charge is 2.02. The van der Waals surface area contributed by atoms with Gasteiger partial charge in [0.1, 0.15) is 6.07 Å². The second-order valence-corrected chi connectivity index (χ2v) is 3.89. The highest BCUT2D eigenvalue weighted by atomic mass is 32.2. The average molecular weight is 215 g/mol. The highest BCUT2D eigenvalue weighted by molar-refractivity contribution is 7.98. The summed E-state index contributed by atoms with van der Waals surface area (Å²) < 4.78 is 0. The number of benzene rings is 1. The fourth-order valence-corrected chi connectivity index (χ4v) is 1.71. The van der Waals surface area contributed by atoms with Crippen LogP contribution in [-0.2, 0) is 0 Å². The summed E-state index contributed by atoms with van der Waals surface area (Å²) in [5.74, 6) is 0. The zero-order valence-electron chi connectivity index (χ0n) is 8.19. The van der Waals surface area contributed by atoms with Gasteiger partial charge in [0.25, 0.3) is 0 Å². The first-order valence-corrected chi connectivity index (χ1v) is 5.66. The number of H-pyrrole nitrogens is 1. The first-order chi connectivity index (χ1) is 7.33. The SMILES string of the molecule is CSc1ccc(-c2cc(C#N)n[nH]2)cc1. The van der Waals surface area contributed by atoms with E-state index in [1.54, 1.807) is 17.8 Å². The number of nitrogens with zero attached hydrogens (tertiary/aromatic N) is 2. The first kappa shape index (κ1) is 9.81. The van der Waals surface area contributed by atoms with Crippen molar-refractivity contribution in [3.63, 3.8) is 0 Å². The van der Waals surface area contributed by atoms with Crippen molar-refractivity contribution in [1.29, 1.82) is 5.26 Å². The van der Waals surface area contributed by atoms with Crippen LogP contribution in [0.15, 0.2) is 35.2 Å². The number of nitriles is 1. The van der Waals surface area contributed by atoms with Crippen LogP contribution in [0.5, 0.6) is 0 Å². The summed E-state index contributed by atoms with van der Waals surface area (Å²) in [6.07, 6.45) is 2.04. The molecule has 3 nitrogen and oxygen atoms in total. The minimum Gasteiger partial charge on any atom is -0.277 e. The van der Waals surface area contributed by atoms with E-state index in [0.29, 0.717) is 5.69 Å². The van der Waals surface area contributed by atoms with Gasteiger partial charge in [-0.05, 0) is 24.0 Å². The van der Waals surface area contributed by atoms with Gasteiger partial charge >= 0.3 is 0 Å². The van der Waals surface area contributed by atoms with Crippen LogP contribution in [0.3, 0.4) is 0 Å². The van der Waals surface area contributed by atoms with Crippen LogP contribution in [0, 0.1) is 11.3 Å². The Bertz CT molecular complexity index is 493. The molecule has 4 heteroatoms. The van der Waals surface area contributed by atoms with Gasteiger partial charge in [-0.3, -0.25) is 5.10 Å². The van der Waals surface area contributed by atoms with Crippen molar-refractivity contribution < 1.29 is 0 Å². The predicted octanol–water partition coefficient (Wildman–Crippen LogP) is 2.67. The van der Waals surface area contributed by atoms with Crippen molar-refractivity contribution in [3.8, 4) is 17.3 Å². The summed E-state index contributed by atoms with van der Waals surface area (Å²) in [6.45, 7) is 0. The van der Waals surface area contributed by atoms with Crippen molar-refractivity contribution in [1.82, 2.24) is 10.2 Å². The molecule has 0 aliphatic heterocycles. The molecule has 0 spiro atoms. The van der Waals surface area contributed by atoms with Gasteiger partial charge in [-0.25, -0.2) is 0 Å². The summed E-state index contributed by atoms with van der Waals surface area (Å²) in [6, 6.07) is 11.9. The molecule has 1 heterocycles. The summed E-state index contributed by atoms with van der Waals surface area (Å²) in [7, 11) is 0. The fourth-order valence-electron chi connectivity index (χ4n) is 1.30. The molecule has 0 amide bonds. The minimum absolute atomic E-state index is 0.416. The minimum atomic E-state index is 0.416. The molecule has 1 N–H and O–H groups in total. The van der Waals surface area contributed by atoms with Crippen LogP contribution in [0.1, 0.15) is 5.69 Å². The predicted molar refractivity (Wildman–Crippen MR) is 60.5 cm³/mol. The Labute approximate surface area is 92.1 Å². The number of aromatic amines is 1. The molecule has 0 fully saturated rings. The number of hydrogen-bond donors (Lipinski definition) is 1. The van der Waals surface area contributed by atoms with E-state index in [1.165, 1.54) is 4.90 Å². The summed E-state index contributed by atoms with van der Waals surface area (Å²) in [5.41, 5.74) is 2.33. The number of rotatable bonds is 2. The van der Waals surface area contributed by atoms with Crippen molar-refractivity contribution in [2.45, 2.75) is 4.90 Å². The standard InChI is InChI=1S/C11H9N3S/c1-15-10-4-2-8(3-5-10)11-6-9(7-12)13-14-11/h2-6H,1H3,(H,13,14). The molecule has 0 saturated carbocycles. The lowest BCUT2D eigenvalue weighted by atomic mass is 10.1. The zero-order valence-corrected chi connectivity index (χ0v) is 9.01. The Balaban J connectivity index is 2.33. The maximum absolute atomic E-state index is 8.64. The van der Waals surface area contributed by atoms with E-state index in [9.17, 15) is 0 Å². The van der Waals surface area contributed by atoms with E-state index in [2.05, 4.69) is 10.2 Å². The maximum Gasteiger partial charge on any atom is 0.162 e. The van der Waals surface area contributed by atoms with Gasteiger partial charge in [-0.2, -0.15) is 10.4 Å². The normalized spacial score (nSPS) is 9.87. The van der Waals surface area contributed by atoms with Crippen LogP contribution in [-0.4, -0.2) is 16.5 Å². The number of hydrogen-bond acceptors (Lipinski definition) is 3. The van der Waals surface area contributed by atoms with Gasteiger partial charge in [-0.1, -0.05) is 12.1 Å². The fraction of sp³-hybridized carbons (Fsp3) is 0.0909. The molecule has 0 radical (unpaired) electrons. The molecule has 0 atom stereocenters. The third-order valence-electron chi connectivity index (χ3n) is 2.09. The quantitative estimate of drug-likeness (QED) is 0.783. The van der Waals surface area contributed by atoms with E-state index >= 15 is 0 Å². The number of aromatic nitrogens is 2. The molecular weight excluding hydrogens is 206 g/mol. The van der Waals surface area contributed by atoms with Crippen molar-refractivity contribution >= 4 is 11.8 Å². The smallest absolute Gasteiger partial charge is 0.162 e. The second-order valence-electron chi connectivity index (χ2n) is 3.01. The molecule has 0 saturated heterocycles. The molecule has 15 heavy (non-hydrogen) atoms. The topological polar surface area (TPSA) is 52.5 Å². The Kier molecular flexibility index (Phi) is 2.75. The summed E-state index contributed by atoms with van der Waals surface area (Å²) in [4.78, 5) is 1.22. The number of nitrogens with one attached hydrogen (secondary N) is 1. The van der Waals surface area contributed by atoms with Gasteiger partial charge in [0, 0.05) is 11.0 Å². The molecule has 74 valence electrons. The molecule has 0 unspecified atom stereocenters. The molecule has 0 aliphatic carbocycles.